The van der Waals surface area contributed by atoms with Gasteiger partial charge in [-0.15, -0.1) is 0 Å². The van der Waals surface area contributed by atoms with Crippen molar-refractivity contribution < 1.29 is 29.3 Å². The van der Waals surface area contributed by atoms with E-state index in [4.69, 9.17) is 14.9 Å². The van der Waals surface area contributed by atoms with Gasteiger partial charge in [-0.2, -0.15) is 0 Å². The van der Waals surface area contributed by atoms with Gasteiger partial charge in [-0.05, 0) is 13.8 Å². The third kappa shape index (κ3) is 6.01. The number of carboxylic acids is 1. The number of ether oxygens (including phenoxy) is 1. The van der Waals surface area contributed by atoms with Crippen LogP contribution < -0.4 is 5.32 Å². The number of esters is 1. The molecule has 108 valence electrons. The zero-order valence-corrected chi connectivity index (χ0v) is 11.1. The lowest BCUT2D eigenvalue weighted by atomic mass is 9.87. The number of aliphatic hydroxyl groups is 1. The van der Waals surface area contributed by atoms with Crippen LogP contribution in [0.3, 0.4) is 0 Å². The lowest BCUT2D eigenvalue weighted by Gasteiger charge is -2.21. The Morgan fingerprint density at radius 1 is 1.37 bits per heavy atom. The van der Waals surface area contributed by atoms with Crippen LogP contribution in [0.1, 0.15) is 20.3 Å². The molecule has 0 aliphatic rings. The molecule has 19 heavy (non-hydrogen) atoms. The lowest BCUT2D eigenvalue weighted by molar-refractivity contribution is -0.153. The average molecular weight is 273 g/mol. The van der Waals surface area contributed by atoms with E-state index in [-0.39, 0.29) is 25.1 Å². The van der Waals surface area contributed by atoms with Crippen molar-refractivity contribution in [2.75, 3.05) is 19.8 Å². The molecule has 0 aromatic carbocycles. The molecule has 0 rings (SSSR count). The first-order valence-corrected chi connectivity index (χ1v) is 5.66. The Kier molecular flexibility index (Phi) is 6.78. The highest BCUT2D eigenvalue weighted by molar-refractivity contribution is 5.87. The highest BCUT2D eigenvalue weighted by atomic mass is 16.5. The second-order valence-electron chi connectivity index (χ2n) is 4.47. The number of carboxylic acid groups (broad SMARTS) is 1. The van der Waals surface area contributed by atoms with Crippen molar-refractivity contribution in [1.29, 1.82) is 0 Å². The standard InChI is InChI=1S/C12H19NO6/c1-8(2)10(16)19-5-4-13-9(15)6-12(3,7-14)11(17)18/h14H,1,4-7H2,2-3H3,(H,13,15)(H,17,18). The molecule has 0 aliphatic carbocycles. The summed E-state index contributed by atoms with van der Waals surface area (Å²) in [5.41, 5.74) is -1.26. The minimum atomic E-state index is -1.52. The van der Waals surface area contributed by atoms with Gasteiger partial charge in [0.05, 0.1) is 18.6 Å². The lowest BCUT2D eigenvalue weighted by Crippen LogP contribution is -2.39. The van der Waals surface area contributed by atoms with Crippen LogP contribution in [0.5, 0.6) is 0 Å². The van der Waals surface area contributed by atoms with E-state index in [0.29, 0.717) is 0 Å². The number of hydrogen-bond donors (Lipinski definition) is 3. The minimum absolute atomic E-state index is 0.0274. The monoisotopic (exact) mass is 273 g/mol. The van der Waals surface area contributed by atoms with Gasteiger partial charge < -0.3 is 20.3 Å². The first kappa shape index (κ1) is 17.1. The van der Waals surface area contributed by atoms with Crippen molar-refractivity contribution in [3.05, 3.63) is 12.2 Å². The predicted octanol–water partition coefficient (Wildman–Crippen LogP) is -0.305. The number of carbonyl (C=O) groups is 3. The Morgan fingerprint density at radius 2 is 1.95 bits per heavy atom. The van der Waals surface area contributed by atoms with E-state index in [1.165, 1.54) is 13.8 Å². The molecule has 0 radical (unpaired) electrons. The molecule has 0 spiro atoms. The van der Waals surface area contributed by atoms with Crippen LogP contribution in [-0.2, 0) is 19.1 Å². The molecule has 0 aromatic rings. The zero-order valence-electron chi connectivity index (χ0n) is 11.1. The van der Waals surface area contributed by atoms with Gasteiger partial charge in [-0.25, -0.2) is 4.79 Å². The number of rotatable bonds is 8. The maximum Gasteiger partial charge on any atom is 0.333 e. The van der Waals surface area contributed by atoms with E-state index in [0.717, 1.165) is 0 Å². The van der Waals surface area contributed by atoms with Crippen molar-refractivity contribution in [3.63, 3.8) is 0 Å². The number of hydrogen-bond acceptors (Lipinski definition) is 5. The zero-order chi connectivity index (χ0) is 15.1. The van der Waals surface area contributed by atoms with Gasteiger partial charge in [0.1, 0.15) is 6.61 Å². The van der Waals surface area contributed by atoms with E-state index in [1.54, 1.807) is 0 Å². The number of nitrogens with one attached hydrogen (secondary N) is 1. The van der Waals surface area contributed by atoms with Gasteiger partial charge in [0, 0.05) is 12.0 Å². The first-order valence-electron chi connectivity index (χ1n) is 5.66. The number of aliphatic hydroxyl groups excluding tert-OH is 1. The molecule has 3 N–H and O–H groups in total. The van der Waals surface area contributed by atoms with Crippen LogP contribution in [0.4, 0.5) is 0 Å². The summed E-state index contributed by atoms with van der Waals surface area (Å²) in [5, 5.41) is 20.2. The third-order valence-electron chi connectivity index (χ3n) is 2.42. The van der Waals surface area contributed by atoms with Crippen molar-refractivity contribution in [1.82, 2.24) is 5.32 Å². The molecule has 0 fully saturated rings. The highest BCUT2D eigenvalue weighted by Crippen LogP contribution is 2.20. The summed E-state index contributed by atoms with van der Waals surface area (Å²) >= 11 is 0. The fraction of sp³-hybridized carbons (Fsp3) is 0.583. The van der Waals surface area contributed by atoms with Gasteiger partial charge in [0.2, 0.25) is 5.91 Å². The summed E-state index contributed by atoms with van der Waals surface area (Å²) in [6.07, 6.45) is -0.354. The molecule has 7 heteroatoms. The number of amides is 1. The van der Waals surface area contributed by atoms with Gasteiger partial charge in [0.25, 0.3) is 0 Å². The largest absolute Gasteiger partial charge is 0.481 e. The summed E-state index contributed by atoms with van der Waals surface area (Å²) in [6, 6.07) is 0. The molecule has 0 bridgehead atoms. The highest BCUT2D eigenvalue weighted by Gasteiger charge is 2.34. The predicted molar refractivity (Wildman–Crippen MR) is 66.2 cm³/mol. The molecule has 0 saturated heterocycles. The molecule has 0 aliphatic heterocycles. The molecule has 0 aromatic heterocycles. The number of carbonyl (C=O) groups excluding carboxylic acids is 2. The van der Waals surface area contributed by atoms with Crippen LogP contribution in [0.25, 0.3) is 0 Å². The quantitative estimate of drug-likeness (QED) is 0.318. The molecule has 1 atom stereocenters. The molecule has 7 nitrogen and oxygen atoms in total. The molecule has 1 unspecified atom stereocenters. The fourth-order valence-corrected chi connectivity index (χ4v) is 1.07. The van der Waals surface area contributed by atoms with E-state index in [1.807, 2.05) is 0 Å². The van der Waals surface area contributed by atoms with E-state index >= 15 is 0 Å². The van der Waals surface area contributed by atoms with Crippen molar-refractivity contribution in [2.45, 2.75) is 20.3 Å². The van der Waals surface area contributed by atoms with Gasteiger partial charge in [0.15, 0.2) is 0 Å². The van der Waals surface area contributed by atoms with Crippen LogP contribution in [0, 0.1) is 5.41 Å². The van der Waals surface area contributed by atoms with E-state index < -0.39 is 29.9 Å². The fourth-order valence-electron chi connectivity index (χ4n) is 1.07. The molecule has 1 amide bonds. The van der Waals surface area contributed by atoms with Crippen LogP contribution in [0.15, 0.2) is 12.2 Å². The van der Waals surface area contributed by atoms with E-state index in [2.05, 4.69) is 11.9 Å². The second kappa shape index (κ2) is 7.52. The first-order chi connectivity index (χ1) is 8.73. The Balaban J connectivity index is 4.03. The molecule has 0 heterocycles. The van der Waals surface area contributed by atoms with Crippen LogP contribution in [0.2, 0.25) is 0 Å². The van der Waals surface area contributed by atoms with Gasteiger partial charge >= 0.3 is 11.9 Å². The van der Waals surface area contributed by atoms with Crippen LogP contribution in [-0.4, -0.2) is 47.8 Å². The van der Waals surface area contributed by atoms with Gasteiger partial charge in [-0.3, -0.25) is 9.59 Å². The summed E-state index contributed by atoms with van der Waals surface area (Å²) in [5.74, 6) is -2.34. The minimum Gasteiger partial charge on any atom is -0.481 e. The summed E-state index contributed by atoms with van der Waals surface area (Å²) in [4.78, 5) is 33.3. The van der Waals surface area contributed by atoms with Gasteiger partial charge in [-0.1, -0.05) is 6.58 Å². The Morgan fingerprint density at radius 3 is 2.37 bits per heavy atom. The van der Waals surface area contributed by atoms with Crippen molar-refractivity contribution in [2.24, 2.45) is 5.41 Å². The summed E-state index contributed by atoms with van der Waals surface area (Å²) < 4.78 is 4.74. The van der Waals surface area contributed by atoms with Crippen LogP contribution >= 0.6 is 0 Å². The maximum atomic E-state index is 11.5. The SMILES string of the molecule is C=C(C)C(=O)OCCNC(=O)CC(C)(CO)C(=O)O. The van der Waals surface area contributed by atoms with Crippen molar-refractivity contribution in [3.8, 4) is 0 Å². The normalized spacial score (nSPS) is 13.2. The average Bonchev–Trinajstić information content (AvgIpc) is 2.33. The second-order valence-corrected chi connectivity index (χ2v) is 4.47. The topological polar surface area (TPSA) is 113 Å². The Bertz CT molecular complexity index is 378. The molecular formula is C12H19NO6. The smallest absolute Gasteiger partial charge is 0.333 e. The third-order valence-corrected chi connectivity index (χ3v) is 2.42. The van der Waals surface area contributed by atoms with Crippen molar-refractivity contribution >= 4 is 17.8 Å². The Labute approximate surface area is 111 Å². The summed E-state index contributed by atoms with van der Waals surface area (Å²) in [7, 11) is 0. The van der Waals surface area contributed by atoms with E-state index in [9.17, 15) is 14.4 Å². The Hall–Kier alpha value is -1.89. The summed E-state index contributed by atoms with van der Waals surface area (Å²) in [6.45, 7) is 5.57. The maximum absolute atomic E-state index is 11.5. The molecular weight excluding hydrogens is 254 g/mol. The number of aliphatic carboxylic acids is 1. The molecule has 0 saturated carbocycles.